The van der Waals surface area contributed by atoms with Gasteiger partial charge in [0.15, 0.2) is 0 Å². The second kappa shape index (κ2) is 6.77. The van der Waals surface area contributed by atoms with Crippen molar-refractivity contribution in [1.82, 2.24) is 0 Å². The number of anilines is 1. The van der Waals surface area contributed by atoms with Crippen molar-refractivity contribution >= 4 is 21.6 Å². The molecule has 106 valence electrons. The van der Waals surface area contributed by atoms with Crippen molar-refractivity contribution in [3.05, 3.63) is 58.1 Å². The van der Waals surface area contributed by atoms with E-state index in [9.17, 15) is 0 Å². The monoisotopic (exact) mass is 334 g/mol. The van der Waals surface area contributed by atoms with Gasteiger partial charge in [-0.05, 0) is 52.7 Å². The third kappa shape index (κ3) is 3.52. The van der Waals surface area contributed by atoms with Crippen LogP contribution < -0.4 is 15.8 Å². The van der Waals surface area contributed by atoms with E-state index in [1.165, 1.54) is 5.56 Å². The Bertz CT molecular complexity index is 569. The van der Waals surface area contributed by atoms with Crippen LogP contribution in [-0.2, 0) is 0 Å². The summed E-state index contributed by atoms with van der Waals surface area (Å²) >= 11 is 3.51. The molecule has 0 aromatic heterocycles. The van der Waals surface area contributed by atoms with Gasteiger partial charge in [-0.2, -0.15) is 0 Å². The molecule has 0 bridgehead atoms. The Morgan fingerprint density at radius 2 is 1.90 bits per heavy atom. The molecule has 0 saturated heterocycles. The molecular formula is C16H19BrN2O. The first-order valence-electron chi connectivity index (χ1n) is 6.50. The Morgan fingerprint density at radius 3 is 2.45 bits per heavy atom. The number of ether oxygens (including phenoxy) is 1. The molecule has 4 heteroatoms. The largest absolute Gasteiger partial charge is 0.496 e. The van der Waals surface area contributed by atoms with Gasteiger partial charge in [-0.3, -0.25) is 0 Å². The molecule has 0 aliphatic rings. The Hall–Kier alpha value is -1.52. The number of methoxy groups -OCH3 is 1. The minimum absolute atomic E-state index is 0.0694. The second-order valence-electron chi connectivity index (χ2n) is 4.69. The van der Waals surface area contributed by atoms with E-state index in [-0.39, 0.29) is 6.04 Å². The zero-order valence-corrected chi connectivity index (χ0v) is 13.3. The third-order valence-electron chi connectivity index (χ3n) is 3.21. The number of halogens is 1. The molecule has 1 atom stereocenters. The van der Waals surface area contributed by atoms with Crippen molar-refractivity contribution in [1.29, 1.82) is 0 Å². The molecule has 0 fully saturated rings. The lowest BCUT2D eigenvalue weighted by atomic mass is 10.1. The summed E-state index contributed by atoms with van der Waals surface area (Å²) in [7, 11) is 1.66. The van der Waals surface area contributed by atoms with E-state index in [2.05, 4.69) is 52.4 Å². The molecule has 0 amide bonds. The standard InChI is InChI=1S/C16H19BrN2O/c1-11-3-6-13(7-4-11)19-15(10-18)12-5-8-16(20-2)14(17)9-12/h3-9,15,19H,10,18H2,1-2H3. The maximum Gasteiger partial charge on any atom is 0.133 e. The van der Waals surface area contributed by atoms with Crippen LogP contribution in [0.2, 0.25) is 0 Å². The van der Waals surface area contributed by atoms with Crippen LogP contribution in [0.1, 0.15) is 17.2 Å². The van der Waals surface area contributed by atoms with Gasteiger partial charge >= 0.3 is 0 Å². The zero-order valence-electron chi connectivity index (χ0n) is 11.7. The maximum absolute atomic E-state index is 5.89. The number of nitrogens with one attached hydrogen (secondary N) is 1. The van der Waals surface area contributed by atoms with Gasteiger partial charge in [0.05, 0.1) is 17.6 Å². The first kappa shape index (κ1) is 14.9. The highest BCUT2D eigenvalue weighted by atomic mass is 79.9. The van der Waals surface area contributed by atoms with Gasteiger partial charge in [0.2, 0.25) is 0 Å². The van der Waals surface area contributed by atoms with Gasteiger partial charge in [-0.1, -0.05) is 23.8 Å². The summed E-state index contributed by atoms with van der Waals surface area (Å²) in [6.07, 6.45) is 0. The van der Waals surface area contributed by atoms with E-state index in [4.69, 9.17) is 10.5 Å². The normalized spacial score (nSPS) is 12.0. The number of hydrogen-bond donors (Lipinski definition) is 2. The van der Waals surface area contributed by atoms with E-state index in [1.807, 2.05) is 18.2 Å². The van der Waals surface area contributed by atoms with Crippen molar-refractivity contribution in [3.8, 4) is 5.75 Å². The molecule has 0 saturated carbocycles. The molecule has 2 aromatic carbocycles. The molecule has 2 rings (SSSR count). The van der Waals surface area contributed by atoms with Gasteiger partial charge in [0.1, 0.15) is 5.75 Å². The van der Waals surface area contributed by atoms with Crippen molar-refractivity contribution in [2.75, 3.05) is 19.0 Å². The quantitative estimate of drug-likeness (QED) is 0.872. The summed E-state index contributed by atoms with van der Waals surface area (Å²) in [5, 5.41) is 3.45. The van der Waals surface area contributed by atoms with Crippen LogP contribution in [0.15, 0.2) is 46.9 Å². The fraction of sp³-hybridized carbons (Fsp3) is 0.250. The van der Waals surface area contributed by atoms with Gasteiger partial charge < -0.3 is 15.8 Å². The number of hydrogen-bond acceptors (Lipinski definition) is 3. The van der Waals surface area contributed by atoms with E-state index in [0.717, 1.165) is 21.5 Å². The van der Waals surface area contributed by atoms with Crippen LogP contribution in [0.4, 0.5) is 5.69 Å². The third-order valence-corrected chi connectivity index (χ3v) is 3.83. The van der Waals surface area contributed by atoms with Crippen LogP contribution in [0.5, 0.6) is 5.75 Å². The molecule has 2 aromatic rings. The SMILES string of the molecule is COc1ccc(C(CN)Nc2ccc(C)cc2)cc1Br. The lowest BCUT2D eigenvalue weighted by Gasteiger charge is -2.19. The summed E-state index contributed by atoms with van der Waals surface area (Å²) in [4.78, 5) is 0. The summed E-state index contributed by atoms with van der Waals surface area (Å²) in [6.45, 7) is 2.59. The lowest BCUT2D eigenvalue weighted by molar-refractivity contribution is 0.412. The number of rotatable bonds is 5. The molecule has 0 heterocycles. The Balaban J connectivity index is 2.19. The average Bonchev–Trinajstić information content (AvgIpc) is 2.46. The molecule has 20 heavy (non-hydrogen) atoms. The van der Waals surface area contributed by atoms with Crippen molar-refractivity contribution in [2.45, 2.75) is 13.0 Å². The van der Waals surface area contributed by atoms with Crippen LogP contribution in [-0.4, -0.2) is 13.7 Å². The van der Waals surface area contributed by atoms with E-state index >= 15 is 0 Å². The van der Waals surface area contributed by atoms with Crippen LogP contribution >= 0.6 is 15.9 Å². The minimum Gasteiger partial charge on any atom is -0.496 e. The molecule has 0 aliphatic carbocycles. The lowest BCUT2D eigenvalue weighted by Crippen LogP contribution is -2.20. The topological polar surface area (TPSA) is 47.3 Å². The van der Waals surface area contributed by atoms with E-state index < -0.39 is 0 Å². The van der Waals surface area contributed by atoms with Gasteiger partial charge in [0, 0.05) is 12.2 Å². The fourth-order valence-corrected chi connectivity index (χ4v) is 2.59. The summed E-state index contributed by atoms with van der Waals surface area (Å²) in [6, 6.07) is 14.4. The number of nitrogens with two attached hydrogens (primary N) is 1. The summed E-state index contributed by atoms with van der Waals surface area (Å²) in [5.74, 6) is 0.819. The van der Waals surface area contributed by atoms with Crippen molar-refractivity contribution in [2.24, 2.45) is 5.73 Å². The highest BCUT2D eigenvalue weighted by Gasteiger charge is 2.11. The zero-order chi connectivity index (χ0) is 14.5. The minimum atomic E-state index is 0.0694. The molecule has 0 aliphatic heterocycles. The molecule has 3 N–H and O–H groups in total. The number of benzene rings is 2. The Kier molecular flexibility index (Phi) is 5.04. The highest BCUT2D eigenvalue weighted by Crippen LogP contribution is 2.29. The molecule has 1 unspecified atom stereocenters. The smallest absolute Gasteiger partial charge is 0.133 e. The Labute approximate surface area is 128 Å². The fourth-order valence-electron chi connectivity index (χ4n) is 2.03. The average molecular weight is 335 g/mol. The first-order valence-corrected chi connectivity index (χ1v) is 7.30. The Morgan fingerprint density at radius 1 is 1.20 bits per heavy atom. The predicted molar refractivity (Wildman–Crippen MR) is 87.3 cm³/mol. The number of aryl methyl sites for hydroxylation is 1. The van der Waals surface area contributed by atoms with Gasteiger partial charge in [-0.25, -0.2) is 0 Å². The summed E-state index contributed by atoms with van der Waals surface area (Å²) < 4.78 is 6.18. The van der Waals surface area contributed by atoms with E-state index in [0.29, 0.717) is 6.54 Å². The van der Waals surface area contributed by atoms with Crippen LogP contribution in [0.3, 0.4) is 0 Å². The second-order valence-corrected chi connectivity index (χ2v) is 5.55. The molecular weight excluding hydrogens is 316 g/mol. The van der Waals surface area contributed by atoms with Crippen LogP contribution in [0.25, 0.3) is 0 Å². The van der Waals surface area contributed by atoms with Crippen molar-refractivity contribution in [3.63, 3.8) is 0 Å². The van der Waals surface area contributed by atoms with Gasteiger partial charge in [-0.15, -0.1) is 0 Å². The molecule has 0 spiro atoms. The maximum atomic E-state index is 5.89. The van der Waals surface area contributed by atoms with Gasteiger partial charge in [0.25, 0.3) is 0 Å². The van der Waals surface area contributed by atoms with E-state index in [1.54, 1.807) is 7.11 Å². The first-order chi connectivity index (χ1) is 9.63. The molecule has 3 nitrogen and oxygen atoms in total. The predicted octanol–water partition coefficient (Wildman–Crippen LogP) is 3.88. The summed E-state index contributed by atoms with van der Waals surface area (Å²) in [5.41, 5.74) is 9.33. The highest BCUT2D eigenvalue weighted by molar-refractivity contribution is 9.10. The van der Waals surface area contributed by atoms with Crippen LogP contribution in [0, 0.1) is 6.92 Å². The molecule has 0 radical (unpaired) electrons. The van der Waals surface area contributed by atoms with Crippen molar-refractivity contribution < 1.29 is 4.74 Å².